The molecule has 190 valence electrons. The second kappa shape index (κ2) is 7.90. The van der Waals surface area contributed by atoms with Crippen LogP contribution in [0, 0.1) is 11.7 Å². The number of hydrogen-bond donors (Lipinski definition) is 1. The molecule has 5 rings (SSSR count). The number of nitrogens with one attached hydrogen (secondary N) is 1. The van der Waals surface area contributed by atoms with Crippen LogP contribution < -0.4 is 16.4 Å². The van der Waals surface area contributed by atoms with Gasteiger partial charge in [0, 0.05) is 56.2 Å². The zero-order chi connectivity index (χ0) is 26.2. The average molecular weight is 505 g/mol. The molecule has 3 heterocycles. The first-order chi connectivity index (χ1) is 16.8. The molecule has 2 aliphatic rings. The zero-order valence-electron chi connectivity index (χ0n) is 19.7. The molecule has 1 aromatic carbocycles. The molecule has 0 bridgehead atoms. The van der Waals surface area contributed by atoms with Gasteiger partial charge < -0.3 is 14.8 Å². The lowest BCUT2D eigenvalue weighted by Crippen LogP contribution is -2.38. The molecular formula is C24H23F4N5O3. The smallest absolute Gasteiger partial charge is 0.361 e. The summed E-state index contributed by atoms with van der Waals surface area (Å²) in [6.07, 6.45) is -2.64. The van der Waals surface area contributed by atoms with Gasteiger partial charge in [-0.3, -0.25) is 14.4 Å². The highest BCUT2D eigenvalue weighted by atomic mass is 19.4. The number of hydrogen-bond acceptors (Lipinski definition) is 5. The van der Waals surface area contributed by atoms with Crippen molar-refractivity contribution in [1.29, 1.82) is 0 Å². The largest absolute Gasteiger partial charge is 0.419 e. The SMILES string of the molecule is CC(=O)N1CC2CC2(n2cc3c(N[C@H](C)c4cccc(C(F)(F)F)c4F)nn(C)c(=O)c3cc2=O)C1. The number of nitrogens with zero attached hydrogens (tertiary/aromatic N) is 4. The minimum absolute atomic E-state index is 0.0722. The molecule has 2 aromatic heterocycles. The molecule has 1 aliphatic heterocycles. The van der Waals surface area contributed by atoms with E-state index >= 15 is 0 Å². The van der Waals surface area contributed by atoms with Crippen molar-refractivity contribution in [2.24, 2.45) is 13.0 Å². The van der Waals surface area contributed by atoms with Gasteiger partial charge in [-0.15, -0.1) is 0 Å². The first kappa shape index (κ1) is 24.0. The van der Waals surface area contributed by atoms with Crippen LogP contribution in [0.3, 0.4) is 0 Å². The summed E-state index contributed by atoms with van der Waals surface area (Å²) in [4.78, 5) is 39.3. The van der Waals surface area contributed by atoms with Crippen molar-refractivity contribution in [3.05, 3.63) is 68.1 Å². The van der Waals surface area contributed by atoms with E-state index in [9.17, 15) is 31.9 Å². The van der Waals surface area contributed by atoms with Gasteiger partial charge in [0.25, 0.3) is 11.1 Å². The highest BCUT2D eigenvalue weighted by molar-refractivity contribution is 5.90. The molecule has 1 aliphatic carbocycles. The topological polar surface area (TPSA) is 89.2 Å². The third-order valence-electron chi connectivity index (χ3n) is 7.27. The monoisotopic (exact) mass is 505 g/mol. The molecule has 36 heavy (non-hydrogen) atoms. The van der Waals surface area contributed by atoms with Gasteiger partial charge in [-0.2, -0.15) is 18.3 Å². The van der Waals surface area contributed by atoms with E-state index in [0.717, 1.165) is 10.7 Å². The third kappa shape index (κ3) is 3.66. The zero-order valence-corrected chi connectivity index (χ0v) is 19.7. The molecule has 1 amide bonds. The second-order valence-electron chi connectivity index (χ2n) is 9.56. The lowest BCUT2D eigenvalue weighted by Gasteiger charge is -2.23. The Hall–Kier alpha value is -3.70. The van der Waals surface area contributed by atoms with Crippen LogP contribution in [-0.2, 0) is 23.6 Å². The third-order valence-corrected chi connectivity index (χ3v) is 7.27. The molecule has 8 nitrogen and oxygen atoms in total. The van der Waals surface area contributed by atoms with Gasteiger partial charge in [-0.1, -0.05) is 12.1 Å². The Morgan fingerprint density at radius 1 is 1.25 bits per heavy atom. The number of carbonyl (C=O) groups excluding carboxylic acids is 1. The van der Waals surface area contributed by atoms with Crippen LogP contribution in [0.1, 0.15) is 37.4 Å². The van der Waals surface area contributed by atoms with Crippen LogP contribution in [0.25, 0.3) is 10.8 Å². The number of aryl methyl sites for hydroxylation is 1. The van der Waals surface area contributed by atoms with E-state index in [2.05, 4.69) is 10.4 Å². The van der Waals surface area contributed by atoms with Gasteiger partial charge in [-0.25, -0.2) is 9.07 Å². The first-order valence-corrected chi connectivity index (χ1v) is 11.4. The number of rotatable bonds is 4. The van der Waals surface area contributed by atoms with Gasteiger partial charge in [0.15, 0.2) is 5.82 Å². The molecule has 12 heteroatoms. The highest BCUT2D eigenvalue weighted by Gasteiger charge is 2.62. The van der Waals surface area contributed by atoms with Gasteiger partial charge in [0.2, 0.25) is 5.91 Å². The predicted molar refractivity (Wildman–Crippen MR) is 123 cm³/mol. The fourth-order valence-corrected chi connectivity index (χ4v) is 5.23. The maximum Gasteiger partial charge on any atom is 0.419 e. The van der Waals surface area contributed by atoms with Crippen molar-refractivity contribution >= 4 is 22.5 Å². The number of carbonyl (C=O) groups is 1. The van der Waals surface area contributed by atoms with E-state index in [1.165, 1.54) is 43.8 Å². The minimum Gasteiger partial charge on any atom is -0.361 e. The number of piperidine rings is 1. The van der Waals surface area contributed by atoms with E-state index in [1.54, 1.807) is 4.90 Å². The second-order valence-corrected chi connectivity index (χ2v) is 9.56. The van der Waals surface area contributed by atoms with Crippen molar-refractivity contribution in [2.45, 2.75) is 38.0 Å². The number of fused-ring (bicyclic) bond motifs is 2. The molecule has 1 saturated heterocycles. The molecule has 2 unspecified atom stereocenters. The lowest BCUT2D eigenvalue weighted by molar-refractivity contribution is -0.140. The Labute approximate surface area is 202 Å². The van der Waals surface area contributed by atoms with Gasteiger partial charge in [0.05, 0.1) is 22.5 Å². The standard InChI is InChI=1S/C24H23F4N5O3/c1-12(15-5-4-6-18(20(15)25)24(26,27)28)29-21-17-10-33(19(35)7-16(17)22(36)31(3)30-21)23-8-14(23)9-32(11-23)13(2)34/h4-7,10,12,14H,8-9,11H2,1-3H3,(H,29,30)/t12-,14?,23?/m1/s1. The minimum atomic E-state index is -4.85. The molecule has 3 aromatic rings. The summed E-state index contributed by atoms with van der Waals surface area (Å²) in [5.41, 5.74) is -3.11. The molecule has 2 fully saturated rings. The van der Waals surface area contributed by atoms with Crippen molar-refractivity contribution in [2.75, 3.05) is 18.4 Å². The average Bonchev–Trinajstić information content (AvgIpc) is 3.36. The van der Waals surface area contributed by atoms with Gasteiger partial charge in [-0.05, 0) is 19.4 Å². The molecule has 0 spiro atoms. The summed E-state index contributed by atoms with van der Waals surface area (Å²) in [6, 6.07) is 3.29. The fraction of sp³-hybridized carbons (Fsp3) is 0.417. The maximum absolute atomic E-state index is 14.7. The van der Waals surface area contributed by atoms with Crippen molar-refractivity contribution in [3.8, 4) is 0 Å². The molecule has 3 atom stereocenters. The van der Waals surface area contributed by atoms with E-state index < -0.39 is 40.3 Å². The summed E-state index contributed by atoms with van der Waals surface area (Å²) in [7, 11) is 1.38. The summed E-state index contributed by atoms with van der Waals surface area (Å²) >= 11 is 0. The predicted octanol–water partition coefficient (Wildman–Crippen LogP) is 3.00. The summed E-state index contributed by atoms with van der Waals surface area (Å²) in [6.45, 7) is 3.84. The Balaban J connectivity index is 1.59. The molecule has 1 saturated carbocycles. The summed E-state index contributed by atoms with van der Waals surface area (Å²) < 4.78 is 56.9. The number of anilines is 1. The lowest BCUT2D eigenvalue weighted by atomic mass is 10.0. The molecule has 0 radical (unpaired) electrons. The van der Waals surface area contributed by atoms with Crippen LogP contribution in [0.15, 0.2) is 40.1 Å². The first-order valence-electron chi connectivity index (χ1n) is 11.4. The number of alkyl halides is 3. The van der Waals surface area contributed by atoms with Crippen molar-refractivity contribution in [1.82, 2.24) is 19.2 Å². The Bertz CT molecular complexity index is 1530. The number of likely N-dealkylation sites (tertiary alicyclic amines) is 1. The Morgan fingerprint density at radius 2 is 1.97 bits per heavy atom. The van der Waals surface area contributed by atoms with Crippen LogP contribution in [-0.4, -0.2) is 38.2 Å². The summed E-state index contributed by atoms with van der Waals surface area (Å²) in [5.74, 6) is -1.28. The Morgan fingerprint density at radius 3 is 2.61 bits per heavy atom. The van der Waals surface area contributed by atoms with E-state index in [4.69, 9.17) is 0 Å². The van der Waals surface area contributed by atoms with Gasteiger partial charge in [0.1, 0.15) is 5.82 Å². The Kier molecular flexibility index (Phi) is 5.27. The van der Waals surface area contributed by atoms with E-state index in [1.807, 2.05) is 0 Å². The van der Waals surface area contributed by atoms with E-state index in [0.29, 0.717) is 25.6 Å². The number of benzene rings is 1. The van der Waals surface area contributed by atoms with Crippen LogP contribution in [0.2, 0.25) is 0 Å². The number of halogens is 4. The van der Waals surface area contributed by atoms with Crippen LogP contribution in [0.4, 0.5) is 23.4 Å². The van der Waals surface area contributed by atoms with Crippen LogP contribution >= 0.6 is 0 Å². The number of amides is 1. The van der Waals surface area contributed by atoms with Gasteiger partial charge >= 0.3 is 6.18 Å². The maximum atomic E-state index is 14.7. The highest BCUT2D eigenvalue weighted by Crippen LogP contribution is 2.55. The molecule has 1 N–H and O–H groups in total. The fourth-order valence-electron chi connectivity index (χ4n) is 5.23. The van der Waals surface area contributed by atoms with E-state index in [-0.39, 0.29) is 34.0 Å². The molecular weight excluding hydrogens is 482 g/mol. The summed E-state index contributed by atoms with van der Waals surface area (Å²) in [5, 5.41) is 7.48. The normalized spacial score (nSPS) is 22.0. The van der Waals surface area contributed by atoms with Crippen molar-refractivity contribution in [3.63, 3.8) is 0 Å². The quantitative estimate of drug-likeness (QED) is 0.551. The van der Waals surface area contributed by atoms with Crippen molar-refractivity contribution < 1.29 is 22.4 Å². The number of aromatic nitrogens is 3. The number of pyridine rings is 1. The van der Waals surface area contributed by atoms with Crippen LogP contribution in [0.5, 0.6) is 0 Å².